The Balaban J connectivity index is 3.17. The molecule has 0 aliphatic carbocycles. The van der Waals surface area contributed by atoms with Gasteiger partial charge in [-0.15, -0.1) is 0 Å². The molecule has 1 rings (SSSR count). The van der Waals surface area contributed by atoms with Gasteiger partial charge in [-0.25, -0.2) is 4.79 Å². The first-order valence-electron chi connectivity index (χ1n) is 16.0. The molecule has 0 unspecified atom stereocenters. The second-order valence-corrected chi connectivity index (χ2v) is 12.7. The molecule has 47 heavy (non-hydrogen) atoms. The minimum absolute atomic E-state index is 0.0344. The van der Waals surface area contributed by atoms with Gasteiger partial charge in [-0.1, -0.05) is 58.0 Å². The Morgan fingerprint density at radius 3 is 1.85 bits per heavy atom. The molecule has 0 bridgehead atoms. The molecule has 1 aromatic carbocycles. The third-order valence-corrected chi connectivity index (χ3v) is 7.74. The highest BCUT2D eigenvalue weighted by molar-refractivity contribution is 7.80. The number of hydrogen-bond acceptors (Lipinski definition) is 9. The summed E-state index contributed by atoms with van der Waals surface area (Å²) in [7, 11) is 0. The monoisotopic (exact) mass is 679 g/mol. The van der Waals surface area contributed by atoms with Crippen LogP contribution in [0.25, 0.3) is 0 Å². The lowest BCUT2D eigenvalue weighted by molar-refractivity contribution is -0.142. The second kappa shape index (κ2) is 21.2. The van der Waals surface area contributed by atoms with Gasteiger partial charge in [0.25, 0.3) is 0 Å². The van der Waals surface area contributed by atoms with Crippen molar-refractivity contribution in [3.05, 3.63) is 35.9 Å². The maximum atomic E-state index is 13.7. The van der Waals surface area contributed by atoms with Gasteiger partial charge >= 0.3 is 5.97 Å². The summed E-state index contributed by atoms with van der Waals surface area (Å²) in [4.78, 5) is 77.5. The summed E-state index contributed by atoms with van der Waals surface area (Å²) < 4.78 is 0. The lowest BCUT2D eigenvalue weighted by Gasteiger charge is -2.28. The Hall–Kier alpha value is -3.69. The Kier molecular flexibility index (Phi) is 18.7. The number of aliphatic carboxylic acids is 1. The number of carbonyl (C=O) groups excluding carboxylic acids is 5. The molecular formula is C32H53N7O7S. The number of carbonyl (C=O) groups is 6. The minimum atomic E-state index is -1.20. The standard InChI is InChI=1S/C32H53N7O7S/c1-18(2)15-24(38-31(44)26(19(3)4)39-28(41)22(34)17-47)30(43)37-25(16-21-11-7-6-8-12-21)29(42)35-20(5)27(40)36-23(32(45)46)13-9-10-14-33/h6-8,11-12,18-20,22-26,47H,9-10,13-17,33-34H2,1-5H3,(H,35,42)(H,36,40)(H,37,43)(H,38,44)(H,39,41)(H,45,46)/t20-,22-,23-,24-,25-,26-/m0/s1. The van der Waals surface area contributed by atoms with Gasteiger partial charge in [0.1, 0.15) is 30.2 Å². The van der Waals surface area contributed by atoms with E-state index in [1.54, 1.807) is 44.2 Å². The molecule has 0 fully saturated rings. The van der Waals surface area contributed by atoms with Crippen LogP contribution in [-0.4, -0.2) is 89.2 Å². The van der Waals surface area contributed by atoms with Gasteiger partial charge in [-0.3, -0.25) is 24.0 Å². The van der Waals surface area contributed by atoms with E-state index in [-0.39, 0.29) is 36.9 Å². The summed E-state index contributed by atoms with van der Waals surface area (Å²) in [6.07, 6.45) is 1.57. The topological polar surface area (TPSA) is 235 Å². The van der Waals surface area contributed by atoms with Crippen LogP contribution in [0.3, 0.4) is 0 Å². The number of amides is 5. The van der Waals surface area contributed by atoms with Gasteiger partial charge in [0, 0.05) is 12.2 Å². The van der Waals surface area contributed by atoms with Gasteiger partial charge in [-0.05, 0) is 56.6 Å². The highest BCUT2D eigenvalue weighted by atomic mass is 32.1. The van der Waals surface area contributed by atoms with Crippen molar-refractivity contribution in [1.29, 1.82) is 0 Å². The number of carboxylic acids is 1. The Morgan fingerprint density at radius 1 is 0.745 bits per heavy atom. The third kappa shape index (κ3) is 15.2. The van der Waals surface area contributed by atoms with Crippen LogP contribution < -0.4 is 38.1 Å². The molecule has 0 saturated heterocycles. The molecule has 0 radical (unpaired) electrons. The van der Waals surface area contributed by atoms with Crippen molar-refractivity contribution in [3.8, 4) is 0 Å². The normalized spacial score (nSPS) is 15.0. The molecule has 0 aliphatic rings. The van der Waals surface area contributed by atoms with Crippen molar-refractivity contribution in [2.45, 2.75) is 103 Å². The molecule has 10 N–H and O–H groups in total. The largest absolute Gasteiger partial charge is 0.480 e. The molecule has 15 heteroatoms. The molecule has 6 atom stereocenters. The van der Waals surface area contributed by atoms with Gasteiger partial charge < -0.3 is 43.2 Å². The maximum absolute atomic E-state index is 13.7. The molecule has 0 heterocycles. The number of unbranched alkanes of at least 4 members (excludes halogenated alkanes) is 1. The number of nitrogens with two attached hydrogens (primary N) is 2. The predicted octanol–water partition coefficient (Wildman–Crippen LogP) is -0.154. The molecule has 0 aliphatic heterocycles. The molecule has 0 aromatic heterocycles. The number of nitrogens with one attached hydrogen (secondary N) is 5. The Bertz CT molecular complexity index is 1190. The lowest BCUT2D eigenvalue weighted by Crippen LogP contribution is -2.60. The van der Waals surface area contributed by atoms with Crippen molar-refractivity contribution < 1.29 is 33.9 Å². The molecule has 1 aromatic rings. The Labute approximate surface area is 282 Å². The SMILES string of the molecule is CC(C)C[C@H](NC(=O)[C@@H](NC(=O)[C@@H](N)CS)C(C)C)C(=O)N[C@@H](Cc1ccccc1)C(=O)N[C@@H](C)C(=O)N[C@@H](CCCCN)C(=O)O. The van der Waals surface area contributed by atoms with E-state index in [4.69, 9.17) is 11.5 Å². The molecule has 264 valence electrons. The van der Waals surface area contributed by atoms with Crippen LogP contribution in [0.2, 0.25) is 0 Å². The van der Waals surface area contributed by atoms with Crippen molar-refractivity contribution >= 4 is 48.1 Å². The third-order valence-electron chi connectivity index (χ3n) is 7.35. The number of rotatable bonds is 21. The van der Waals surface area contributed by atoms with Crippen molar-refractivity contribution in [1.82, 2.24) is 26.6 Å². The van der Waals surface area contributed by atoms with E-state index in [2.05, 4.69) is 39.2 Å². The van der Waals surface area contributed by atoms with Gasteiger partial charge in [0.05, 0.1) is 6.04 Å². The summed E-state index contributed by atoms with van der Waals surface area (Å²) >= 11 is 4.03. The summed E-state index contributed by atoms with van der Waals surface area (Å²) in [6, 6.07) is 2.52. The van der Waals surface area contributed by atoms with Crippen LogP contribution in [0, 0.1) is 11.8 Å². The first-order chi connectivity index (χ1) is 22.1. The zero-order valence-electron chi connectivity index (χ0n) is 28.0. The fraction of sp³-hybridized carbons (Fsp3) is 0.625. The van der Waals surface area contributed by atoms with Gasteiger partial charge in [-0.2, -0.15) is 12.6 Å². The van der Waals surface area contributed by atoms with E-state index in [1.807, 2.05) is 13.8 Å². The lowest BCUT2D eigenvalue weighted by atomic mass is 9.98. The van der Waals surface area contributed by atoms with Crippen LogP contribution in [0.4, 0.5) is 0 Å². The first-order valence-corrected chi connectivity index (χ1v) is 16.6. The van der Waals surface area contributed by atoms with E-state index in [9.17, 15) is 33.9 Å². The Morgan fingerprint density at radius 2 is 1.32 bits per heavy atom. The highest BCUT2D eigenvalue weighted by Crippen LogP contribution is 2.11. The van der Waals surface area contributed by atoms with Crippen molar-refractivity contribution in [3.63, 3.8) is 0 Å². The molecule has 14 nitrogen and oxygen atoms in total. The van der Waals surface area contributed by atoms with Crippen molar-refractivity contribution in [2.24, 2.45) is 23.3 Å². The zero-order valence-corrected chi connectivity index (χ0v) is 28.8. The van der Waals surface area contributed by atoms with Crippen LogP contribution in [0.1, 0.15) is 65.9 Å². The highest BCUT2D eigenvalue weighted by Gasteiger charge is 2.33. The summed E-state index contributed by atoms with van der Waals surface area (Å²) in [5, 5.41) is 22.6. The van der Waals surface area contributed by atoms with Crippen LogP contribution in [-0.2, 0) is 35.2 Å². The van der Waals surface area contributed by atoms with Gasteiger partial charge in [0.15, 0.2) is 0 Å². The molecule has 0 saturated carbocycles. The van der Waals surface area contributed by atoms with E-state index in [1.165, 1.54) is 6.92 Å². The van der Waals surface area contributed by atoms with E-state index >= 15 is 0 Å². The van der Waals surface area contributed by atoms with E-state index < -0.39 is 71.8 Å². The minimum Gasteiger partial charge on any atom is -0.480 e. The summed E-state index contributed by atoms with van der Waals surface area (Å²) in [6.45, 7) is 9.02. The summed E-state index contributed by atoms with van der Waals surface area (Å²) in [5.41, 5.74) is 12.0. The zero-order chi connectivity index (χ0) is 35.7. The fourth-order valence-corrected chi connectivity index (χ4v) is 4.77. The van der Waals surface area contributed by atoms with E-state index in [0.717, 1.165) is 5.56 Å². The number of benzene rings is 1. The predicted molar refractivity (Wildman–Crippen MR) is 182 cm³/mol. The van der Waals surface area contributed by atoms with Crippen LogP contribution in [0.15, 0.2) is 30.3 Å². The average molecular weight is 680 g/mol. The molecule has 0 spiro atoms. The fourth-order valence-electron chi connectivity index (χ4n) is 4.60. The molecular weight excluding hydrogens is 626 g/mol. The van der Waals surface area contributed by atoms with Crippen LogP contribution in [0.5, 0.6) is 0 Å². The number of carboxylic acid groups (broad SMARTS) is 1. The smallest absolute Gasteiger partial charge is 0.326 e. The average Bonchev–Trinajstić information content (AvgIpc) is 3.01. The number of thiol groups is 1. The maximum Gasteiger partial charge on any atom is 0.326 e. The van der Waals surface area contributed by atoms with E-state index in [0.29, 0.717) is 19.4 Å². The van der Waals surface area contributed by atoms with Crippen LogP contribution >= 0.6 is 12.6 Å². The quantitative estimate of drug-likeness (QED) is 0.0620. The second-order valence-electron chi connectivity index (χ2n) is 12.4. The molecule has 5 amide bonds. The number of hydrogen-bond donors (Lipinski definition) is 9. The summed E-state index contributed by atoms with van der Waals surface area (Å²) in [5.74, 6) is -4.65. The van der Waals surface area contributed by atoms with Gasteiger partial charge in [0.2, 0.25) is 29.5 Å². The first kappa shape index (κ1) is 41.3. The van der Waals surface area contributed by atoms with Crippen molar-refractivity contribution in [2.75, 3.05) is 12.3 Å².